The number of pyridine rings is 1. The number of aliphatic hydroxyl groups is 1. The molecule has 150 valence electrons. The van der Waals surface area contributed by atoms with Crippen molar-refractivity contribution in [3.05, 3.63) is 29.1 Å². The van der Waals surface area contributed by atoms with Crippen molar-refractivity contribution >= 4 is 5.91 Å². The Balaban J connectivity index is 1.50. The Bertz CT molecular complexity index is 622. The van der Waals surface area contributed by atoms with Crippen LogP contribution in [0.15, 0.2) is 12.1 Å². The lowest BCUT2D eigenvalue weighted by Gasteiger charge is -2.39. The monoisotopic (exact) mass is 373 g/mol. The van der Waals surface area contributed by atoms with Gasteiger partial charge in [0.05, 0.1) is 0 Å². The summed E-state index contributed by atoms with van der Waals surface area (Å²) >= 11 is 0. The predicted octanol–water partition coefficient (Wildman–Crippen LogP) is 3.11. The lowest BCUT2D eigenvalue weighted by atomic mass is 9.86. The number of nitrogens with zero attached hydrogens (tertiary/aromatic N) is 2. The molecule has 3 rings (SSSR count). The number of aromatic nitrogens is 1. The highest BCUT2D eigenvalue weighted by atomic mass is 16.3. The zero-order valence-electron chi connectivity index (χ0n) is 17.0. The molecule has 2 fully saturated rings. The molecule has 2 N–H and O–H groups in total. The van der Waals surface area contributed by atoms with E-state index < -0.39 is 5.60 Å². The molecule has 1 atom stereocenters. The third-order valence-electron chi connectivity index (χ3n) is 6.12. The summed E-state index contributed by atoms with van der Waals surface area (Å²) in [6.07, 6.45) is 9.15. The van der Waals surface area contributed by atoms with E-state index in [1.165, 1.54) is 32.1 Å². The van der Waals surface area contributed by atoms with E-state index in [0.717, 1.165) is 48.8 Å². The largest absolute Gasteiger partial charge is 0.379 e. The van der Waals surface area contributed by atoms with E-state index in [-0.39, 0.29) is 5.91 Å². The summed E-state index contributed by atoms with van der Waals surface area (Å²) in [5, 5.41) is 14.3. The summed E-state index contributed by atoms with van der Waals surface area (Å²) in [6.45, 7) is 6.51. The Hall–Kier alpha value is -1.46. The molecule has 27 heavy (non-hydrogen) atoms. The molecule has 1 aromatic heterocycles. The predicted molar refractivity (Wildman–Crippen MR) is 107 cm³/mol. The van der Waals surface area contributed by atoms with Crippen molar-refractivity contribution in [2.45, 2.75) is 77.4 Å². The van der Waals surface area contributed by atoms with Crippen molar-refractivity contribution in [1.82, 2.24) is 15.2 Å². The molecule has 1 aliphatic carbocycles. The molecule has 0 radical (unpaired) electrons. The molecular formula is C22H35N3O2. The molecule has 0 aromatic carbocycles. The first-order valence-corrected chi connectivity index (χ1v) is 10.6. The van der Waals surface area contributed by atoms with Crippen LogP contribution in [-0.4, -0.2) is 46.1 Å². The van der Waals surface area contributed by atoms with E-state index in [1.807, 2.05) is 30.9 Å². The summed E-state index contributed by atoms with van der Waals surface area (Å²) in [5.41, 5.74) is 1.87. The average Bonchev–Trinajstić information content (AvgIpc) is 2.63. The van der Waals surface area contributed by atoms with Crippen molar-refractivity contribution in [2.24, 2.45) is 5.92 Å². The van der Waals surface area contributed by atoms with Crippen LogP contribution < -0.4 is 5.32 Å². The van der Waals surface area contributed by atoms with Crippen molar-refractivity contribution in [1.29, 1.82) is 0 Å². The van der Waals surface area contributed by atoms with E-state index in [4.69, 9.17) is 0 Å². The van der Waals surface area contributed by atoms with Gasteiger partial charge in [-0.05, 0) is 56.7 Å². The number of carbonyl (C=O) groups is 1. The van der Waals surface area contributed by atoms with Crippen molar-refractivity contribution < 1.29 is 9.90 Å². The number of carbonyl (C=O) groups excluding carboxylic acids is 1. The van der Waals surface area contributed by atoms with Gasteiger partial charge in [-0.2, -0.15) is 0 Å². The van der Waals surface area contributed by atoms with Crippen molar-refractivity contribution in [3.63, 3.8) is 0 Å². The van der Waals surface area contributed by atoms with Gasteiger partial charge in [-0.3, -0.25) is 9.78 Å². The SMILES string of the molecule is Cc1cc(CNC[C@@]2(O)CCCN(CCC3CCCCC3)C2=O)cc(C)n1. The molecule has 1 amide bonds. The molecule has 2 aliphatic rings. The maximum Gasteiger partial charge on any atom is 0.255 e. The number of nitrogens with one attached hydrogen (secondary N) is 1. The second-order valence-electron chi connectivity index (χ2n) is 8.58. The first kappa shape index (κ1) is 20.3. The van der Waals surface area contributed by atoms with E-state index in [2.05, 4.69) is 10.3 Å². The average molecular weight is 374 g/mol. The summed E-state index contributed by atoms with van der Waals surface area (Å²) in [5.74, 6) is 0.678. The molecule has 1 saturated carbocycles. The van der Waals surface area contributed by atoms with Crippen LogP contribution in [0.1, 0.15) is 68.3 Å². The molecular weight excluding hydrogens is 338 g/mol. The number of hydrogen-bond donors (Lipinski definition) is 2. The van der Waals surface area contributed by atoms with Gasteiger partial charge in [0.25, 0.3) is 5.91 Å². The Morgan fingerprint density at radius 1 is 1.19 bits per heavy atom. The maximum atomic E-state index is 12.9. The second-order valence-corrected chi connectivity index (χ2v) is 8.58. The van der Waals surface area contributed by atoms with Crippen LogP contribution >= 0.6 is 0 Å². The second kappa shape index (κ2) is 9.16. The van der Waals surface area contributed by atoms with Crippen LogP contribution in [0.25, 0.3) is 0 Å². The van der Waals surface area contributed by atoms with Gasteiger partial charge in [0, 0.05) is 37.6 Å². The van der Waals surface area contributed by atoms with Gasteiger partial charge in [-0.25, -0.2) is 0 Å². The van der Waals surface area contributed by atoms with Crippen LogP contribution in [0.2, 0.25) is 0 Å². The summed E-state index contributed by atoms with van der Waals surface area (Å²) < 4.78 is 0. The summed E-state index contributed by atoms with van der Waals surface area (Å²) in [6, 6.07) is 4.09. The highest BCUT2D eigenvalue weighted by Gasteiger charge is 2.41. The highest BCUT2D eigenvalue weighted by Crippen LogP contribution is 2.28. The van der Waals surface area contributed by atoms with Gasteiger partial charge in [-0.1, -0.05) is 32.1 Å². The van der Waals surface area contributed by atoms with Gasteiger partial charge in [0.1, 0.15) is 0 Å². The molecule has 2 heterocycles. The van der Waals surface area contributed by atoms with Gasteiger partial charge >= 0.3 is 0 Å². The minimum atomic E-state index is -1.26. The Kier molecular flexibility index (Phi) is 6.88. The van der Waals surface area contributed by atoms with E-state index >= 15 is 0 Å². The molecule has 0 bridgehead atoms. The van der Waals surface area contributed by atoms with E-state index in [0.29, 0.717) is 19.5 Å². The van der Waals surface area contributed by atoms with Crippen LogP contribution in [0.5, 0.6) is 0 Å². The molecule has 1 aromatic rings. The summed E-state index contributed by atoms with van der Waals surface area (Å²) in [7, 11) is 0. The number of rotatable bonds is 7. The van der Waals surface area contributed by atoms with Crippen molar-refractivity contribution in [3.8, 4) is 0 Å². The van der Waals surface area contributed by atoms with Gasteiger partial charge in [0.2, 0.25) is 0 Å². The molecule has 5 heteroatoms. The topological polar surface area (TPSA) is 65.5 Å². The number of piperidine rings is 1. The van der Waals surface area contributed by atoms with Gasteiger partial charge in [0.15, 0.2) is 5.60 Å². The third kappa shape index (κ3) is 5.52. The third-order valence-corrected chi connectivity index (χ3v) is 6.12. The minimum Gasteiger partial charge on any atom is -0.379 e. The van der Waals surface area contributed by atoms with Crippen LogP contribution in [0.4, 0.5) is 0 Å². The minimum absolute atomic E-state index is 0.0841. The fourth-order valence-electron chi connectivity index (χ4n) is 4.69. The normalized spacial score (nSPS) is 24.4. The Morgan fingerprint density at radius 3 is 2.59 bits per heavy atom. The molecule has 1 saturated heterocycles. The maximum absolute atomic E-state index is 12.9. The van der Waals surface area contributed by atoms with E-state index in [1.54, 1.807) is 0 Å². The molecule has 1 aliphatic heterocycles. The number of aryl methyl sites for hydroxylation is 2. The number of hydrogen-bond acceptors (Lipinski definition) is 4. The van der Waals surface area contributed by atoms with Crippen LogP contribution in [0.3, 0.4) is 0 Å². The molecule has 0 unspecified atom stereocenters. The molecule has 5 nitrogen and oxygen atoms in total. The lowest BCUT2D eigenvalue weighted by Crippen LogP contribution is -2.58. The Labute approximate surface area is 163 Å². The van der Waals surface area contributed by atoms with Gasteiger partial charge < -0.3 is 15.3 Å². The quantitative estimate of drug-likeness (QED) is 0.771. The number of likely N-dealkylation sites (tertiary alicyclic amines) is 1. The Morgan fingerprint density at radius 2 is 1.89 bits per heavy atom. The smallest absolute Gasteiger partial charge is 0.255 e. The highest BCUT2D eigenvalue weighted by molar-refractivity contribution is 5.86. The zero-order valence-corrected chi connectivity index (χ0v) is 17.0. The standard InChI is InChI=1S/C22H35N3O2/c1-17-13-20(14-18(2)24-17)15-23-16-22(27)10-6-11-25(21(22)26)12-9-19-7-4-3-5-8-19/h13-14,19,23,27H,3-12,15-16H2,1-2H3/t22-/m0/s1. The fraction of sp³-hybridized carbons (Fsp3) is 0.727. The fourth-order valence-corrected chi connectivity index (χ4v) is 4.69. The zero-order chi connectivity index (χ0) is 19.3. The van der Waals surface area contributed by atoms with Crippen LogP contribution in [-0.2, 0) is 11.3 Å². The van der Waals surface area contributed by atoms with E-state index in [9.17, 15) is 9.90 Å². The van der Waals surface area contributed by atoms with Gasteiger partial charge in [-0.15, -0.1) is 0 Å². The summed E-state index contributed by atoms with van der Waals surface area (Å²) in [4.78, 5) is 19.2. The first-order chi connectivity index (χ1) is 13.0. The first-order valence-electron chi connectivity index (χ1n) is 10.6. The van der Waals surface area contributed by atoms with Crippen molar-refractivity contribution in [2.75, 3.05) is 19.6 Å². The number of amides is 1. The lowest BCUT2D eigenvalue weighted by molar-refractivity contribution is -0.156. The van der Waals surface area contributed by atoms with Crippen LogP contribution in [0, 0.1) is 19.8 Å². The molecule has 0 spiro atoms.